The molecule has 0 aliphatic rings. The zero-order chi connectivity index (χ0) is 13.7. The lowest BCUT2D eigenvalue weighted by atomic mass is 9.88. The van der Waals surface area contributed by atoms with Gasteiger partial charge < -0.3 is 10.3 Å². The van der Waals surface area contributed by atoms with Gasteiger partial charge in [-0.25, -0.2) is 0 Å². The van der Waals surface area contributed by atoms with Gasteiger partial charge in [0.2, 0.25) is 5.89 Å². The van der Waals surface area contributed by atoms with Crippen LogP contribution in [0.15, 0.2) is 34.9 Å². The molecule has 102 valence electrons. The molecule has 0 fully saturated rings. The van der Waals surface area contributed by atoms with Gasteiger partial charge in [-0.3, -0.25) is 0 Å². The van der Waals surface area contributed by atoms with Crippen molar-refractivity contribution in [1.29, 1.82) is 0 Å². The van der Waals surface area contributed by atoms with E-state index in [0.29, 0.717) is 11.7 Å². The molecule has 2 aromatic rings. The summed E-state index contributed by atoms with van der Waals surface area (Å²) >= 11 is 0. The Kier molecular flexibility index (Phi) is 4.32. The third kappa shape index (κ3) is 3.20. The van der Waals surface area contributed by atoms with Crippen molar-refractivity contribution in [2.24, 2.45) is 5.73 Å². The van der Waals surface area contributed by atoms with Crippen molar-refractivity contribution in [3.05, 3.63) is 47.6 Å². The van der Waals surface area contributed by atoms with Gasteiger partial charge in [-0.15, -0.1) is 0 Å². The molecule has 4 nitrogen and oxygen atoms in total. The van der Waals surface area contributed by atoms with Gasteiger partial charge in [0, 0.05) is 6.42 Å². The lowest BCUT2D eigenvalue weighted by Crippen LogP contribution is -2.39. The minimum Gasteiger partial charge on any atom is -0.339 e. The lowest BCUT2D eigenvalue weighted by Gasteiger charge is -2.24. The molecule has 0 amide bonds. The molecule has 2 N–H and O–H groups in total. The normalized spacial score (nSPS) is 14.3. The van der Waals surface area contributed by atoms with Crippen LogP contribution in [0.2, 0.25) is 0 Å². The van der Waals surface area contributed by atoms with E-state index in [4.69, 9.17) is 10.3 Å². The molecular weight excluding hydrogens is 238 g/mol. The summed E-state index contributed by atoms with van der Waals surface area (Å²) in [4.78, 5) is 4.44. The van der Waals surface area contributed by atoms with E-state index in [-0.39, 0.29) is 0 Å². The van der Waals surface area contributed by atoms with Crippen LogP contribution in [0.5, 0.6) is 0 Å². The van der Waals surface area contributed by atoms with Gasteiger partial charge in [0.1, 0.15) is 0 Å². The van der Waals surface area contributed by atoms with Gasteiger partial charge in [-0.2, -0.15) is 4.98 Å². The van der Waals surface area contributed by atoms with Crippen molar-refractivity contribution < 1.29 is 4.52 Å². The Hall–Kier alpha value is -1.68. The minimum absolute atomic E-state index is 0.559. The first kappa shape index (κ1) is 13.7. The molecular formula is C15H21N3O. The molecule has 1 unspecified atom stereocenters. The fraction of sp³-hybridized carbons (Fsp3) is 0.467. The van der Waals surface area contributed by atoms with E-state index in [2.05, 4.69) is 36.1 Å². The largest absolute Gasteiger partial charge is 0.339 e. The molecule has 1 heterocycles. The summed E-state index contributed by atoms with van der Waals surface area (Å²) in [5.74, 6) is 1.29. The smallest absolute Gasteiger partial charge is 0.226 e. The summed E-state index contributed by atoms with van der Waals surface area (Å²) < 4.78 is 5.25. The molecule has 0 saturated heterocycles. The summed E-state index contributed by atoms with van der Waals surface area (Å²) in [5.41, 5.74) is 7.11. The maximum Gasteiger partial charge on any atom is 0.226 e. The topological polar surface area (TPSA) is 64.9 Å². The average Bonchev–Trinajstić information content (AvgIpc) is 2.89. The van der Waals surface area contributed by atoms with Crippen molar-refractivity contribution in [3.63, 3.8) is 0 Å². The van der Waals surface area contributed by atoms with E-state index in [1.54, 1.807) is 0 Å². The van der Waals surface area contributed by atoms with Crippen molar-refractivity contribution in [2.45, 2.75) is 45.1 Å². The second-order valence-electron chi connectivity index (χ2n) is 4.93. The highest BCUT2D eigenvalue weighted by Gasteiger charge is 2.31. The van der Waals surface area contributed by atoms with E-state index in [0.717, 1.165) is 25.7 Å². The highest BCUT2D eigenvalue weighted by atomic mass is 16.5. The zero-order valence-electron chi connectivity index (χ0n) is 11.6. The van der Waals surface area contributed by atoms with Crippen LogP contribution in [0.1, 0.15) is 44.0 Å². The number of benzene rings is 1. The highest BCUT2D eigenvalue weighted by Crippen LogP contribution is 2.24. The first-order valence-corrected chi connectivity index (χ1v) is 6.84. The highest BCUT2D eigenvalue weighted by molar-refractivity contribution is 5.20. The Bertz CT molecular complexity index is 509. The van der Waals surface area contributed by atoms with E-state index in [9.17, 15) is 0 Å². The van der Waals surface area contributed by atoms with Gasteiger partial charge in [-0.1, -0.05) is 49.3 Å². The zero-order valence-corrected chi connectivity index (χ0v) is 11.6. The van der Waals surface area contributed by atoms with E-state index in [1.807, 2.05) is 18.2 Å². The van der Waals surface area contributed by atoms with Gasteiger partial charge in [0.25, 0.3) is 0 Å². The van der Waals surface area contributed by atoms with Gasteiger partial charge >= 0.3 is 0 Å². The number of nitrogens with two attached hydrogens (primary N) is 1. The number of aromatic nitrogens is 2. The number of hydrogen-bond donors (Lipinski definition) is 1. The van der Waals surface area contributed by atoms with E-state index < -0.39 is 5.54 Å². The fourth-order valence-electron chi connectivity index (χ4n) is 2.09. The summed E-state index contributed by atoms with van der Waals surface area (Å²) in [6.45, 7) is 4.14. The molecule has 0 aliphatic heterocycles. The molecule has 0 aliphatic carbocycles. The summed E-state index contributed by atoms with van der Waals surface area (Å²) in [5, 5.41) is 4.06. The molecule has 0 radical (unpaired) electrons. The average molecular weight is 259 g/mol. The second kappa shape index (κ2) is 5.97. The van der Waals surface area contributed by atoms with Crippen LogP contribution in [0.25, 0.3) is 0 Å². The van der Waals surface area contributed by atoms with Crippen molar-refractivity contribution in [1.82, 2.24) is 10.1 Å². The lowest BCUT2D eigenvalue weighted by molar-refractivity contribution is 0.339. The molecule has 0 saturated carbocycles. The number of aryl methyl sites for hydroxylation is 1. The molecule has 0 spiro atoms. The Balaban J connectivity index is 2.20. The number of nitrogens with zero attached hydrogens (tertiary/aromatic N) is 2. The molecule has 2 rings (SSSR count). The maximum absolute atomic E-state index is 6.48. The van der Waals surface area contributed by atoms with E-state index in [1.165, 1.54) is 5.56 Å². The van der Waals surface area contributed by atoms with Crippen LogP contribution < -0.4 is 5.73 Å². The van der Waals surface area contributed by atoms with Crippen LogP contribution in [0.4, 0.5) is 0 Å². The van der Waals surface area contributed by atoms with E-state index >= 15 is 0 Å². The van der Waals surface area contributed by atoms with Crippen LogP contribution in [0, 0.1) is 0 Å². The molecule has 1 aromatic carbocycles. The summed E-state index contributed by atoms with van der Waals surface area (Å²) in [7, 11) is 0. The van der Waals surface area contributed by atoms with Crippen LogP contribution in [-0.4, -0.2) is 10.1 Å². The Morgan fingerprint density at radius 3 is 2.58 bits per heavy atom. The van der Waals surface area contributed by atoms with Crippen LogP contribution in [0.3, 0.4) is 0 Å². The number of rotatable bonds is 6. The molecule has 1 aromatic heterocycles. The molecule has 1 atom stereocenters. The third-order valence-electron chi connectivity index (χ3n) is 3.37. The van der Waals surface area contributed by atoms with Crippen molar-refractivity contribution in [2.75, 3.05) is 0 Å². The predicted molar refractivity (Wildman–Crippen MR) is 74.6 cm³/mol. The molecule has 0 bridgehead atoms. The van der Waals surface area contributed by atoms with Crippen molar-refractivity contribution >= 4 is 0 Å². The SMILES string of the molecule is CCCc1nc(C(N)(CC)Cc2ccccc2)no1. The number of hydrogen-bond acceptors (Lipinski definition) is 4. The van der Waals surface area contributed by atoms with Crippen molar-refractivity contribution in [3.8, 4) is 0 Å². The van der Waals surface area contributed by atoms with Gasteiger partial charge in [-0.05, 0) is 24.8 Å². The Labute approximate surface area is 114 Å². The molecule has 4 heteroatoms. The minimum atomic E-state index is -0.559. The fourth-order valence-corrected chi connectivity index (χ4v) is 2.09. The standard InChI is InChI=1S/C15H21N3O/c1-3-8-13-17-14(18-19-13)15(16,4-2)11-12-9-6-5-7-10-12/h5-7,9-10H,3-4,8,11,16H2,1-2H3. The van der Waals surface area contributed by atoms with Crippen LogP contribution >= 0.6 is 0 Å². The molecule has 19 heavy (non-hydrogen) atoms. The Morgan fingerprint density at radius 1 is 1.21 bits per heavy atom. The Morgan fingerprint density at radius 2 is 1.95 bits per heavy atom. The van der Waals surface area contributed by atoms with Crippen LogP contribution in [-0.2, 0) is 18.4 Å². The van der Waals surface area contributed by atoms with Gasteiger partial charge in [0.05, 0.1) is 5.54 Å². The third-order valence-corrected chi connectivity index (χ3v) is 3.37. The summed E-state index contributed by atoms with van der Waals surface area (Å²) in [6, 6.07) is 10.2. The maximum atomic E-state index is 6.48. The first-order chi connectivity index (χ1) is 9.18. The quantitative estimate of drug-likeness (QED) is 0.866. The first-order valence-electron chi connectivity index (χ1n) is 6.84. The monoisotopic (exact) mass is 259 g/mol. The van der Waals surface area contributed by atoms with Gasteiger partial charge in [0.15, 0.2) is 5.82 Å². The summed E-state index contributed by atoms with van der Waals surface area (Å²) in [6.07, 6.45) is 3.28. The predicted octanol–water partition coefficient (Wildman–Crippen LogP) is 2.83. The second-order valence-corrected chi connectivity index (χ2v) is 4.93.